The van der Waals surface area contributed by atoms with Crippen molar-refractivity contribution in [2.75, 3.05) is 19.8 Å². The summed E-state index contributed by atoms with van der Waals surface area (Å²) >= 11 is 0. The highest BCUT2D eigenvalue weighted by molar-refractivity contribution is 5.71. The molecule has 100 valence electrons. The van der Waals surface area contributed by atoms with Crippen LogP contribution in [0.4, 0.5) is 0 Å². The number of hydrogen-bond acceptors (Lipinski definition) is 3. The summed E-state index contributed by atoms with van der Waals surface area (Å²) in [5.41, 5.74) is 0.900. The quantitative estimate of drug-likeness (QED) is 0.466. The lowest BCUT2D eigenvalue weighted by Gasteiger charge is -2.14. The predicted molar refractivity (Wildman–Crippen MR) is 72.2 cm³/mol. The third kappa shape index (κ3) is 4.88. The van der Waals surface area contributed by atoms with Crippen LogP contribution >= 0.6 is 0 Å². The van der Waals surface area contributed by atoms with E-state index in [1.165, 1.54) is 0 Å². The largest absolute Gasteiger partial charge is 0.461 e. The van der Waals surface area contributed by atoms with Gasteiger partial charge in [0.25, 0.3) is 0 Å². The zero-order chi connectivity index (χ0) is 13.4. The highest BCUT2D eigenvalue weighted by Crippen LogP contribution is 2.49. The van der Waals surface area contributed by atoms with E-state index in [1.807, 2.05) is 6.92 Å². The van der Waals surface area contributed by atoms with Crippen LogP contribution in [0.15, 0.2) is 37.0 Å². The summed E-state index contributed by atoms with van der Waals surface area (Å²) in [6.07, 6.45) is 7.67. The molecular weight excluding hydrogens is 228 g/mol. The van der Waals surface area contributed by atoms with Gasteiger partial charge in [-0.3, -0.25) is 4.79 Å². The van der Waals surface area contributed by atoms with E-state index in [4.69, 9.17) is 9.47 Å². The summed E-state index contributed by atoms with van der Waals surface area (Å²) in [6.45, 7) is 10.8. The molecule has 0 aliphatic heterocycles. The van der Waals surface area contributed by atoms with Crippen LogP contribution in [-0.4, -0.2) is 25.8 Å². The van der Waals surface area contributed by atoms with Crippen molar-refractivity contribution in [3.8, 4) is 0 Å². The van der Waals surface area contributed by atoms with Crippen molar-refractivity contribution in [2.24, 2.45) is 5.41 Å². The molecule has 1 aliphatic carbocycles. The van der Waals surface area contributed by atoms with Gasteiger partial charge in [-0.25, -0.2) is 0 Å². The number of esters is 1. The SMILES string of the molecule is C=C/C=C(\C=C)COC(=O)CC1(COCC)CC1. The molecule has 0 aromatic carbocycles. The van der Waals surface area contributed by atoms with Crippen LogP contribution in [0, 0.1) is 5.41 Å². The molecule has 0 heterocycles. The van der Waals surface area contributed by atoms with E-state index in [2.05, 4.69) is 13.2 Å². The van der Waals surface area contributed by atoms with E-state index < -0.39 is 0 Å². The van der Waals surface area contributed by atoms with Gasteiger partial charge in [-0.1, -0.05) is 31.4 Å². The zero-order valence-electron chi connectivity index (χ0n) is 11.1. The van der Waals surface area contributed by atoms with Gasteiger partial charge in [0.2, 0.25) is 0 Å². The maximum absolute atomic E-state index is 11.7. The van der Waals surface area contributed by atoms with Crippen LogP contribution in [0.25, 0.3) is 0 Å². The van der Waals surface area contributed by atoms with Gasteiger partial charge in [0.1, 0.15) is 6.61 Å². The molecule has 1 saturated carbocycles. The molecule has 0 saturated heterocycles. The lowest BCUT2D eigenvalue weighted by Crippen LogP contribution is -2.18. The van der Waals surface area contributed by atoms with Gasteiger partial charge in [-0.05, 0) is 25.3 Å². The first-order valence-corrected chi connectivity index (χ1v) is 6.33. The first-order valence-electron chi connectivity index (χ1n) is 6.33. The second kappa shape index (κ2) is 7.17. The van der Waals surface area contributed by atoms with Gasteiger partial charge in [0.05, 0.1) is 13.0 Å². The molecule has 1 fully saturated rings. The molecule has 0 amide bonds. The van der Waals surface area contributed by atoms with E-state index in [0.29, 0.717) is 19.6 Å². The fourth-order valence-corrected chi connectivity index (χ4v) is 1.71. The van der Waals surface area contributed by atoms with Crippen molar-refractivity contribution in [1.29, 1.82) is 0 Å². The highest BCUT2D eigenvalue weighted by Gasteiger charge is 2.45. The van der Waals surface area contributed by atoms with Crippen molar-refractivity contribution < 1.29 is 14.3 Å². The molecule has 0 spiro atoms. The summed E-state index contributed by atoms with van der Waals surface area (Å²) in [6, 6.07) is 0. The van der Waals surface area contributed by atoms with E-state index in [-0.39, 0.29) is 18.0 Å². The summed E-state index contributed by atoms with van der Waals surface area (Å²) in [7, 11) is 0. The normalized spacial score (nSPS) is 17.1. The molecule has 0 bridgehead atoms. The Morgan fingerprint density at radius 3 is 2.61 bits per heavy atom. The summed E-state index contributed by atoms with van der Waals surface area (Å²) in [4.78, 5) is 11.7. The van der Waals surface area contributed by atoms with Crippen LogP contribution in [0.5, 0.6) is 0 Å². The van der Waals surface area contributed by atoms with Crippen LogP contribution in [-0.2, 0) is 14.3 Å². The van der Waals surface area contributed by atoms with Gasteiger partial charge in [0.15, 0.2) is 0 Å². The Bertz CT molecular complexity index is 338. The Labute approximate surface area is 109 Å². The Morgan fingerprint density at radius 2 is 2.11 bits per heavy atom. The molecule has 18 heavy (non-hydrogen) atoms. The monoisotopic (exact) mass is 250 g/mol. The van der Waals surface area contributed by atoms with Gasteiger partial charge in [0, 0.05) is 12.0 Å². The standard InChI is InChI=1S/C15H22O3/c1-4-7-13(5-2)11-18-14(16)10-15(8-9-15)12-17-6-3/h4-5,7H,1-2,6,8-12H2,3H3/b13-7+. The lowest BCUT2D eigenvalue weighted by atomic mass is 10.0. The Balaban J connectivity index is 2.31. The van der Waals surface area contributed by atoms with Gasteiger partial charge in [-0.15, -0.1) is 0 Å². The van der Waals surface area contributed by atoms with E-state index in [1.54, 1.807) is 18.2 Å². The fourth-order valence-electron chi connectivity index (χ4n) is 1.71. The van der Waals surface area contributed by atoms with Crippen molar-refractivity contribution >= 4 is 5.97 Å². The number of rotatable bonds is 9. The summed E-state index contributed by atoms with van der Waals surface area (Å²) in [5, 5.41) is 0. The summed E-state index contributed by atoms with van der Waals surface area (Å²) in [5.74, 6) is -0.163. The van der Waals surface area contributed by atoms with E-state index >= 15 is 0 Å². The Hall–Kier alpha value is -1.35. The second-order valence-electron chi connectivity index (χ2n) is 4.66. The third-order valence-corrected chi connectivity index (χ3v) is 3.08. The smallest absolute Gasteiger partial charge is 0.306 e. The Morgan fingerprint density at radius 1 is 1.39 bits per heavy atom. The number of allylic oxidation sites excluding steroid dienone is 2. The molecule has 0 radical (unpaired) electrons. The zero-order valence-corrected chi connectivity index (χ0v) is 11.1. The van der Waals surface area contributed by atoms with Crippen LogP contribution in [0.2, 0.25) is 0 Å². The molecule has 3 nitrogen and oxygen atoms in total. The highest BCUT2D eigenvalue weighted by atomic mass is 16.5. The minimum atomic E-state index is -0.163. The average Bonchev–Trinajstić information content (AvgIpc) is 3.12. The third-order valence-electron chi connectivity index (χ3n) is 3.08. The minimum absolute atomic E-state index is 0.0452. The molecule has 1 aliphatic rings. The number of carbonyl (C=O) groups is 1. The van der Waals surface area contributed by atoms with Crippen LogP contribution in [0.3, 0.4) is 0 Å². The van der Waals surface area contributed by atoms with Crippen molar-refractivity contribution in [2.45, 2.75) is 26.2 Å². The summed E-state index contributed by atoms with van der Waals surface area (Å²) < 4.78 is 10.6. The van der Waals surface area contributed by atoms with Gasteiger partial charge in [-0.2, -0.15) is 0 Å². The topological polar surface area (TPSA) is 35.5 Å². The first-order chi connectivity index (χ1) is 8.65. The molecule has 0 N–H and O–H groups in total. The molecule has 3 heteroatoms. The maximum Gasteiger partial charge on any atom is 0.306 e. The average molecular weight is 250 g/mol. The van der Waals surface area contributed by atoms with Gasteiger partial charge < -0.3 is 9.47 Å². The second-order valence-corrected chi connectivity index (χ2v) is 4.66. The van der Waals surface area contributed by atoms with Gasteiger partial charge >= 0.3 is 5.97 Å². The minimum Gasteiger partial charge on any atom is -0.461 e. The molecular formula is C15H22O3. The van der Waals surface area contributed by atoms with Crippen molar-refractivity contribution in [3.63, 3.8) is 0 Å². The number of hydrogen-bond donors (Lipinski definition) is 0. The van der Waals surface area contributed by atoms with Crippen LogP contribution < -0.4 is 0 Å². The van der Waals surface area contributed by atoms with Crippen LogP contribution in [0.1, 0.15) is 26.2 Å². The molecule has 0 aromatic rings. The Kier molecular flexibility index (Phi) is 5.86. The maximum atomic E-state index is 11.7. The van der Waals surface area contributed by atoms with Crippen molar-refractivity contribution in [1.82, 2.24) is 0 Å². The molecule has 0 aromatic heterocycles. The fraction of sp³-hybridized carbons (Fsp3) is 0.533. The molecule has 0 unspecified atom stereocenters. The number of ether oxygens (including phenoxy) is 2. The van der Waals surface area contributed by atoms with E-state index in [0.717, 1.165) is 18.4 Å². The lowest BCUT2D eigenvalue weighted by molar-refractivity contribution is -0.144. The van der Waals surface area contributed by atoms with Crippen molar-refractivity contribution in [3.05, 3.63) is 37.0 Å². The van der Waals surface area contributed by atoms with E-state index in [9.17, 15) is 4.79 Å². The molecule has 1 rings (SSSR count). The molecule has 0 atom stereocenters. The predicted octanol–water partition coefficient (Wildman–Crippen LogP) is 3.03. The first kappa shape index (κ1) is 14.7. The number of carbonyl (C=O) groups excluding carboxylic acids is 1.